The molecule has 20 heavy (non-hydrogen) atoms. The van der Waals surface area contributed by atoms with Crippen molar-refractivity contribution in [1.82, 2.24) is 4.98 Å². The largest absolute Gasteiger partial charge is 0.475 e. The predicted molar refractivity (Wildman–Crippen MR) is 75.0 cm³/mol. The summed E-state index contributed by atoms with van der Waals surface area (Å²) in [6.45, 7) is 6.78. The zero-order valence-corrected chi connectivity index (χ0v) is 12.3. The molecule has 0 radical (unpaired) electrons. The van der Waals surface area contributed by atoms with Gasteiger partial charge in [-0.15, -0.1) is 0 Å². The number of rotatable bonds is 3. The van der Waals surface area contributed by atoms with Crippen molar-refractivity contribution in [2.75, 3.05) is 11.9 Å². The van der Waals surface area contributed by atoms with E-state index in [2.05, 4.69) is 29.1 Å². The van der Waals surface area contributed by atoms with Crippen LogP contribution >= 0.6 is 11.6 Å². The highest BCUT2D eigenvalue weighted by Gasteiger charge is 2.20. The molecule has 0 saturated heterocycles. The molecule has 1 aliphatic heterocycles. The van der Waals surface area contributed by atoms with Crippen LogP contribution in [0.4, 0.5) is 5.69 Å². The first-order valence-electron chi connectivity index (χ1n) is 6.10. The Morgan fingerprint density at radius 3 is 2.65 bits per heavy atom. The normalized spacial score (nSPS) is 16.6. The number of halogens is 1. The Bertz CT molecular complexity index is 526. The topological polar surface area (TPSA) is 80.7 Å². The van der Waals surface area contributed by atoms with Crippen molar-refractivity contribution in [3.8, 4) is 0 Å². The van der Waals surface area contributed by atoms with Gasteiger partial charge in [0.25, 0.3) is 0 Å². The summed E-state index contributed by atoms with van der Waals surface area (Å²) in [4.78, 5) is 24.8. The summed E-state index contributed by atoms with van der Waals surface area (Å²) in [6, 6.07) is 2.31. The molecule has 7 heteroatoms. The molecule has 0 aliphatic carbocycles. The van der Waals surface area contributed by atoms with Crippen LogP contribution in [0.3, 0.4) is 0 Å². The Kier molecular flexibility index (Phi) is 6.15. The second-order valence-electron chi connectivity index (χ2n) is 4.53. The average Bonchev–Trinajstić information content (AvgIpc) is 2.76. The molecule has 2 heterocycles. The summed E-state index contributed by atoms with van der Waals surface area (Å²) in [5.74, 6) is 0.643. The van der Waals surface area contributed by atoms with Gasteiger partial charge in [-0.25, -0.2) is 9.98 Å². The first-order chi connectivity index (χ1) is 9.47. The van der Waals surface area contributed by atoms with Gasteiger partial charge < -0.3 is 10.1 Å². The van der Waals surface area contributed by atoms with E-state index in [-0.39, 0.29) is 12.2 Å². The van der Waals surface area contributed by atoms with Crippen molar-refractivity contribution in [3.05, 3.63) is 23.0 Å². The summed E-state index contributed by atoms with van der Waals surface area (Å²) in [6.07, 6.45) is 1.95. The van der Waals surface area contributed by atoms with E-state index in [4.69, 9.17) is 25.9 Å². The summed E-state index contributed by atoms with van der Waals surface area (Å²) in [7, 11) is 0. The quantitative estimate of drug-likeness (QED) is 0.865. The lowest BCUT2D eigenvalue weighted by Crippen LogP contribution is -2.14. The van der Waals surface area contributed by atoms with Crippen molar-refractivity contribution in [2.45, 2.75) is 32.9 Å². The second kappa shape index (κ2) is 7.62. The standard InChI is InChI=1S/C12H16ClN3O.CO2/c1-7(2)15-10-4-11(13)14-5-9(10)12-16-8(3)6-17-12;2-1-3/h4-5,7-8H,6H2,1-3H3,(H,14,15);. The van der Waals surface area contributed by atoms with Crippen LogP contribution in [-0.4, -0.2) is 35.7 Å². The van der Waals surface area contributed by atoms with Crippen LogP contribution in [0.2, 0.25) is 5.15 Å². The van der Waals surface area contributed by atoms with Gasteiger partial charge in [0.15, 0.2) is 0 Å². The van der Waals surface area contributed by atoms with Gasteiger partial charge >= 0.3 is 6.15 Å². The van der Waals surface area contributed by atoms with E-state index in [1.165, 1.54) is 0 Å². The SMILES string of the molecule is CC1COC(c2cnc(Cl)cc2NC(C)C)=N1.O=C=O. The number of aliphatic imine (C=N–C) groups is 1. The number of anilines is 1. The van der Waals surface area contributed by atoms with Gasteiger partial charge in [0, 0.05) is 12.2 Å². The lowest BCUT2D eigenvalue weighted by atomic mass is 10.2. The first-order valence-corrected chi connectivity index (χ1v) is 6.48. The molecule has 1 aromatic rings. The van der Waals surface area contributed by atoms with Gasteiger partial charge in [0.2, 0.25) is 5.90 Å². The highest BCUT2D eigenvalue weighted by molar-refractivity contribution is 6.29. The lowest BCUT2D eigenvalue weighted by molar-refractivity contribution is -0.191. The lowest BCUT2D eigenvalue weighted by Gasteiger charge is -2.14. The molecule has 108 valence electrons. The minimum Gasteiger partial charge on any atom is -0.475 e. The first kappa shape index (κ1) is 16.1. The molecule has 0 fully saturated rings. The van der Waals surface area contributed by atoms with E-state index in [1.807, 2.05) is 6.92 Å². The van der Waals surface area contributed by atoms with E-state index >= 15 is 0 Å². The summed E-state index contributed by atoms with van der Waals surface area (Å²) in [5.41, 5.74) is 1.78. The van der Waals surface area contributed by atoms with Gasteiger partial charge in [-0.3, -0.25) is 0 Å². The van der Waals surface area contributed by atoms with Crippen LogP contribution in [0.1, 0.15) is 26.3 Å². The molecule has 0 saturated carbocycles. The molecule has 1 aromatic heterocycles. The Morgan fingerprint density at radius 2 is 2.15 bits per heavy atom. The van der Waals surface area contributed by atoms with Gasteiger partial charge in [-0.05, 0) is 26.8 Å². The monoisotopic (exact) mass is 297 g/mol. The van der Waals surface area contributed by atoms with Crippen LogP contribution in [-0.2, 0) is 14.3 Å². The second-order valence-corrected chi connectivity index (χ2v) is 4.92. The third kappa shape index (κ3) is 4.64. The minimum atomic E-state index is 0.201. The zero-order valence-electron chi connectivity index (χ0n) is 11.5. The van der Waals surface area contributed by atoms with Crippen molar-refractivity contribution in [1.29, 1.82) is 0 Å². The maximum atomic E-state index is 8.12. The van der Waals surface area contributed by atoms with Gasteiger partial charge in [-0.2, -0.15) is 9.59 Å². The molecule has 0 bridgehead atoms. The van der Waals surface area contributed by atoms with Crippen LogP contribution < -0.4 is 5.32 Å². The van der Waals surface area contributed by atoms with Crippen LogP contribution in [0.25, 0.3) is 0 Å². The molecular weight excluding hydrogens is 282 g/mol. The zero-order chi connectivity index (χ0) is 15.1. The molecule has 1 atom stereocenters. The van der Waals surface area contributed by atoms with E-state index in [0.717, 1.165) is 11.3 Å². The number of pyridine rings is 1. The number of hydrogen-bond acceptors (Lipinski definition) is 6. The Balaban J connectivity index is 0.000000612. The van der Waals surface area contributed by atoms with Crippen molar-refractivity contribution < 1.29 is 14.3 Å². The fourth-order valence-corrected chi connectivity index (χ4v) is 1.81. The van der Waals surface area contributed by atoms with Crippen LogP contribution in [0.5, 0.6) is 0 Å². The highest BCUT2D eigenvalue weighted by atomic mass is 35.5. The predicted octanol–water partition coefficient (Wildman–Crippen LogP) is 2.14. The van der Waals surface area contributed by atoms with Crippen LogP contribution in [0.15, 0.2) is 17.3 Å². The van der Waals surface area contributed by atoms with Crippen LogP contribution in [0, 0.1) is 0 Å². The fourth-order valence-electron chi connectivity index (χ4n) is 1.65. The average molecular weight is 298 g/mol. The Labute approximate surface area is 122 Å². The van der Waals surface area contributed by atoms with Crippen molar-refractivity contribution in [3.63, 3.8) is 0 Å². The number of carbonyl (C=O) groups excluding carboxylic acids is 2. The molecular formula is C13H16ClN3O3. The summed E-state index contributed by atoms with van der Waals surface area (Å²) < 4.78 is 5.54. The Morgan fingerprint density at radius 1 is 1.50 bits per heavy atom. The Hall–Kier alpha value is -1.91. The number of nitrogens with zero attached hydrogens (tertiary/aromatic N) is 2. The molecule has 6 nitrogen and oxygen atoms in total. The summed E-state index contributed by atoms with van der Waals surface area (Å²) in [5, 5.41) is 3.78. The van der Waals surface area contributed by atoms with Crippen molar-refractivity contribution in [2.24, 2.45) is 4.99 Å². The molecule has 1 N–H and O–H groups in total. The number of aromatic nitrogens is 1. The molecule has 1 aliphatic rings. The highest BCUT2D eigenvalue weighted by Crippen LogP contribution is 2.23. The number of hydrogen-bond donors (Lipinski definition) is 1. The van der Waals surface area contributed by atoms with E-state index < -0.39 is 0 Å². The summed E-state index contributed by atoms with van der Waals surface area (Å²) >= 11 is 5.90. The maximum Gasteiger partial charge on any atom is 0.373 e. The van der Waals surface area contributed by atoms with E-state index in [9.17, 15) is 0 Å². The van der Waals surface area contributed by atoms with Crippen molar-refractivity contribution >= 4 is 29.3 Å². The third-order valence-electron chi connectivity index (χ3n) is 2.34. The maximum absolute atomic E-state index is 8.12. The van der Waals surface area contributed by atoms with E-state index in [0.29, 0.717) is 23.7 Å². The molecule has 1 unspecified atom stereocenters. The third-order valence-corrected chi connectivity index (χ3v) is 2.55. The molecule has 0 aromatic carbocycles. The molecule has 0 amide bonds. The smallest absolute Gasteiger partial charge is 0.373 e. The molecule has 0 spiro atoms. The number of ether oxygens (including phenoxy) is 1. The fraction of sp³-hybridized carbons (Fsp3) is 0.462. The van der Waals surface area contributed by atoms with Gasteiger partial charge in [0.05, 0.1) is 17.3 Å². The van der Waals surface area contributed by atoms with Gasteiger partial charge in [0.1, 0.15) is 11.8 Å². The van der Waals surface area contributed by atoms with Gasteiger partial charge in [-0.1, -0.05) is 11.6 Å². The number of nitrogens with one attached hydrogen (secondary N) is 1. The van der Waals surface area contributed by atoms with E-state index in [1.54, 1.807) is 12.3 Å². The molecule has 2 rings (SSSR count). The minimum absolute atomic E-state index is 0.201.